The predicted octanol–water partition coefficient (Wildman–Crippen LogP) is 3.41. The molecule has 0 atom stereocenters. The molecule has 0 unspecified atom stereocenters. The molecule has 4 rings (SSSR count). The van der Waals surface area contributed by atoms with Gasteiger partial charge in [-0.3, -0.25) is 9.78 Å². The van der Waals surface area contributed by atoms with Gasteiger partial charge in [0.25, 0.3) is 0 Å². The Hall–Kier alpha value is -2.71. The highest BCUT2D eigenvalue weighted by Crippen LogP contribution is 2.38. The van der Waals surface area contributed by atoms with Crippen LogP contribution in [0.3, 0.4) is 0 Å². The number of rotatable bonds is 3. The minimum Gasteiger partial charge on any atom is -0.477 e. The van der Waals surface area contributed by atoms with Crippen LogP contribution in [-0.2, 0) is 6.54 Å². The molecule has 3 aromatic rings. The molecule has 1 aromatic carbocycles. The van der Waals surface area contributed by atoms with Crippen molar-refractivity contribution in [2.45, 2.75) is 38.8 Å². The van der Waals surface area contributed by atoms with E-state index in [4.69, 9.17) is 11.6 Å². The van der Waals surface area contributed by atoms with Gasteiger partial charge < -0.3 is 19.7 Å². The number of aryl methyl sites for hydroxylation is 1. The van der Waals surface area contributed by atoms with Crippen LogP contribution in [-0.4, -0.2) is 44.4 Å². The minimum absolute atomic E-state index is 0.0810. The fraction of sp³-hybridized carbons (Fsp3) is 0.381. The Bertz CT molecular complexity index is 1240. The van der Waals surface area contributed by atoms with Crippen molar-refractivity contribution in [3.8, 4) is 0 Å². The number of pyridine rings is 2. The monoisotopic (exact) mass is 433 g/mol. The average Bonchev–Trinajstić information content (AvgIpc) is 2.70. The quantitative estimate of drug-likeness (QED) is 0.614. The van der Waals surface area contributed by atoms with Gasteiger partial charge in [0.1, 0.15) is 16.1 Å². The minimum atomic E-state index is -1.35. The first kappa shape index (κ1) is 20.6. The molecule has 0 saturated carbocycles. The molecule has 9 heteroatoms. The molecular formula is C21H21ClFN3O4. The van der Waals surface area contributed by atoms with Crippen molar-refractivity contribution in [3.05, 3.63) is 45.1 Å². The lowest BCUT2D eigenvalue weighted by molar-refractivity contribution is 0.0351. The molecule has 1 aliphatic rings. The van der Waals surface area contributed by atoms with Crippen LogP contribution in [0.5, 0.6) is 0 Å². The van der Waals surface area contributed by atoms with Crippen LogP contribution < -0.4 is 10.3 Å². The number of nitrogens with zero attached hydrogens (tertiary/aromatic N) is 3. The number of hydrogen-bond donors (Lipinski definition) is 2. The van der Waals surface area contributed by atoms with Crippen molar-refractivity contribution in [2.75, 3.05) is 18.0 Å². The van der Waals surface area contributed by atoms with Crippen LogP contribution >= 0.6 is 11.6 Å². The van der Waals surface area contributed by atoms with E-state index in [1.54, 1.807) is 17.6 Å². The lowest BCUT2D eigenvalue weighted by atomic mass is 9.93. The predicted molar refractivity (Wildman–Crippen MR) is 113 cm³/mol. The van der Waals surface area contributed by atoms with Crippen LogP contribution in [0, 0.1) is 5.82 Å². The largest absolute Gasteiger partial charge is 0.477 e. The standard InChI is InChI=1S/C21H21ClFN3O4/c1-3-25-10-12(20(28)29)19(27)15-11-8-13(26-6-4-21(2,30)5-7-26)16(22)17(23)18(11)24-9-14(15)25/h8-10,30H,3-7H2,1-2H3,(H,28,29). The molecule has 30 heavy (non-hydrogen) atoms. The highest BCUT2D eigenvalue weighted by molar-refractivity contribution is 6.34. The van der Waals surface area contributed by atoms with Crippen LogP contribution in [0.25, 0.3) is 21.8 Å². The third-order valence-corrected chi connectivity index (χ3v) is 6.18. The van der Waals surface area contributed by atoms with Gasteiger partial charge in [-0.15, -0.1) is 0 Å². The summed E-state index contributed by atoms with van der Waals surface area (Å²) in [5.41, 5.74) is -1.13. The van der Waals surface area contributed by atoms with Crippen LogP contribution in [0.4, 0.5) is 10.1 Å². The highest BCUT2D eigenvalue weighted by Gasteiger charge is 2.30. The Labute approximate surface area is 176 Å². The zero-order chi connectivity index (χ0) is 21.8. The second-order valence-corrected chi connectivity index (χ2v) is 8.26. The number of hydrogen-bond acceptors (Lipinski definition) is 5. The number of carbonyl (C=O) groups is 1. The first-order valence-corrected chi connectivity index (χ1v) is 10.1. The Balaban J connectivity index is 2.05. The molecule has 0 spiro atoms. The van der Waals surface area contributed by atoms with Crippen molar-refractivity contribution >= 4 is 45.1 Å². The smallest absolute Gasteiger partial charge is 0.341 e. The Kier molecular flexibility index (Phi) is 4.94. The maximum Gasteiger partial charge on any atom is 0.341 e. The molecular weight excluding hydrogens is 413 g/mol. The van der Waals surface area contributed by atoms with E-state index in [1.165, 1.54) is 12.4 Å². The van der Waals surface area contributed by atoms with Crippen molar-refractivity contribution in [1.29, 1.82) is 0 Å². The zero-order valence-electron chi connectivity index (χ0n) is 16.6. The fourth-order valence-corrected chi connectivity index (χ4v) is 4.26. The lowest BCUT2D eigenvalue weighted by Crippen LogP contribution is -2.42. The second kappa shape index (κ2) is 7.21. The number of halogens is 2. The molecule has 0 amide bonds. The van der Waals surface area contributed by atoms with E-state index in [2.05, 4.69) is 4.98 Å². The normalized spacial score (nSPS) is 16.4. The summed E-state index contributed by atoms with van der Waals surface area (Å²) in [4.78, 5) is 30.6. The molecule has 158 valence electrons. The number of aromatic carboxylic acids is 1. The maximum absolute atomic E-state index is 15.2. The molecule has 0 bridgehead atoms. The summed E-state index contributed by atoms with van der Waals surface area (Å²) in [7, 11) is 0. The fourth-order valence-electron chi connectivity index (χ4n) is 4.00. The van der Waals surface area contributed by atoms with E-state index >= 15 is 4.39 Å². The average molecular weight is 434 g/mol. The number of anilines is 1. The van der Waals surface area contributed by atoms with Crippen LogP contribution in [0.15, 0.2) is 23.3 Å². The molecule has 2 N–H and O–H groups in total. The van der Waals surface area contributed by atoms with Gasteiger partial charge >= 0.3 is 5.97 Å². The first-order valence-electron chi connectivity index (χ1n) is 9.69. The first-order chi connectivity index (χ1) is 14.1. The topological polar surface area (TPSA) is 95.7 Å². The van der Waals surface area contributed by atoms with Gasteiger partial charge in [0, 0.05) is 31.2 Å². The second-order valence-electron chi connectivity index (χ2n) is 7.89. The number of benzene rings is 1. The zero-order valence-corrected chi connectivity index (χ0v) is 17.3. The van der Waals surface area contributed by atoms with Crippen molar-refractivity contribution in [3.63, 3.8) is 0 Å². The molecule has 2 aromatic heterocycles. The molecule has 3 heterocycles. The van der Waals surface area contributed by atoms with E-state index in [1.807, 2.05) is 11.8 Å². The van der Waals surface area contributed by atoms with Gasteiger partial charge in [-0.05, 0) is 32.8 Å². The number of carboxylic acid groups (broad SMARTS) is 1. The number of piperidine rings is 1. The summed E-state index contributed by atoms with van der Waals surface area (Å²) >= 11 is 6.31. The van der Waals surface area contributed by atoms with E-state index < -0.39 is 22.8 Å². The van der Waals surface area contributed by atoms with Crippen LogP contribution in [0.1, 0.15) is 37.0 Å². The lowest BCUT2D eigenvalue weighted by Gasteiger charge is -2.37. The molecule has 1 saturated heterocycles. The molecule has 0 aliphatic carbocycles. The third kappa shape index (κ3) is 3.20. The third-order valence-electron chi connectivity index (χ3n) is 5.82. The SMILES string of the molecule is CCn1cc(C(=O)O)c(=O)c2c3cc(N4CCC(C)(O)CC4)c(Cl)c(F)c3ncc21. The van der Waals surface area contributed by atoms with E-state index in [-0.39, 0.29) is 26.9 Å². The number of fused-ring (bicyclic) bond motifs is 3. The van der Waals surface area contributed by atoms with Gasteiger partial charge in [-0.25, -0.2) is 9.18 Å². The van der Waals surface area contributed by atoms with Gasteiger partial charge in [-0.2, -0.15) is 0 Å². The maximum atomic E-state index is 15.2. The summed E-state index contributed by atoms with van der Waals surface area (Å²) in [5.74, 6) is -2.10. The van der Waals surface area contributed by atoms with Crippen molar-refractivity contribution < 1.29 is 19.4 Å². The van der Waals surface area contributed by atoms with Crippen molar-refractivity contribution in [2.24, 2.45) is 0 Å². The summed E-state index contributed by atoms with van der Waals surface area (Å²) in [6.07, 6.45) is 3.62. The van der Waals surface area contributed by atoms with E-state index in [9.17, 15) is 19.8 Å². The van der Waals surface area contributed by atoms with Gasteiger partial charge in [-0.1, -0.05) is 11.6 Å². The van der Waals surface area contributed by atoms with E-state index in [0.717, 1.165) is 0 Å². The van der Waals surface area contributed by atoms with Gasteiger partial charge in [0.2, 0.25) is 5.43 Å². The van der Waals surface area contributed by atoms with Gasteiger partial charge in [0.15, 0.2) is 5.82 Å². The summed E-state index contributed by atoms with van der Waals surface area (Å²) < 4.78 is 16.8. The van der Waals surface area contributed by atoms with Gasteiger partial charge in [0.05, 0.1) is 28.4 Å². The number of carboxylic acids is 1. The van der Waals surface area contributed by atoms with E-state index in [0.29, 0.717) is 43.7 Å². The Morgan fingerprint density at radius 2 is 2.03 bits per heavy atom. The number of aromatic nitrogens is 2. The highest BCUT2D eigenvalue weighted by atomic mass is 35.5. The number of aliphatic hydroxyl groups is 1. The van der Waals surface area contributed by atoms with Crippen LogP contribution in [0.2, 0.25) is 5.02 Å². The molecule has 1 fully saturated rings. The van der Waals surface area contributed by atoms with Crippen molar-refractivity contribution in [1.82, 2.24) is 9.55 Å². The molecule has 7 nitrogen and oxygen atoms in total. The Morgan fingerprint density at radius 3 is 2.63 bits per heavy atom. The molecule has 1 aliphatic heterocycles. The summed E-state index contributed by atoms with van der Waals surface area (Å²) in [6.45, 7) is 4.91. The summed E-state index contributed by atoms with van der Waals surface area (Å²) in [6, 6.07) is 1.60. The summed E-state index contributed by atoms with van der Waals surface area (Å²) in [5, 5.41) is 19.9. The molecule has 0 radical (unpaired) electrons. The Morgan fingerprint density at radius 1 is 1.37 bits per heavy atom.